The molecule has 3 nitrogen and oxygen atoms in total. The van der Waals surface area contributed by atoms with Gasteiger partial charge in [0.15, 0.2) is 0 Å². The third-order valence-electron chi connectivity index (χ3n) is 3.11. The molecule has 2 unspecified atom stereocenters. The summed E-state index contributed by atoms with van der Waals surface area (Å²) in [5.41, 5.74) is 6.36. The van der Waals surface area contributed by atoms with Crippen LogP contribution in [0.25, 0.3) is 0 Å². The zero-order valence-electron chi connectivity index (χ0n) is 7.82. The van der Waals surface area contributed by atoms with Crippen LogP contribution in [0, 0.1) is 0 Å². The highest BCUT2D eigenvalue weighted by Crippen LogP contribution is 2.30. The SMILES string of the molecule is CC1(N)CCNC2(CCCN2)C1. The van der Waals surface area contributed by atoms with Gasteiger partial charge in [0.2, 0.25) is 0 Å². The second-order valence-corrected chi connectivity index (χ2v) is 4.62. The van der Waals surface area contributed by atoms with Gasteiger partial charge in [-0.25, -0.2) is 0 Å². The van der Waals surface area contributed by atoms with Crippen molar-refractivity contribution in [1.82, 2.24) is 10.6 Å². The van der Waals surface area contributed by atoms with E-state index in [0.717, 1.165) is 25.9 Å². The van der Waals surface area contributed by atoms with Gasteiger partial charge in [0.25, 0.3) is 0 Å². The summed E-state index contributed by atoms with van der Waals surface area (Å²) in [7, 11) is 0. The average molecular weight is 169 g/mol. The van der Waals surface area contributed by atoms with Crippen LogP contribution in [0.5, 0.6) is 0 Å². The number of piperidine rings is 1. The molecule has 4 N–H and O–H groups in total. The van der Waals surface area contributed by atoms with E-state index >= 15 is 0 Å². The highest BCUT2D eigenvalue weighted by atomic mass is 15.2. The molecule has 0 saturated carbocycles. The molecule has 12 heavy (non-hydrogen) atoms. The maximum absolute atomic E-state index is 6.15. The van der Waals surface area contributed by atoms with Gasteiger partial charge in [0, 0.05) is 5.54 Å². The van der Waals surface area contributed by atoms with Crippen LogP contribution in [0.2, 0.25) is 0 Å². The van der Waals surface area contributed by atoms with Gasteiger partial charge < -0.3 is 5.73 Å². The molecule has 0 aromatic heterocycles. The summed E-state index contributed by atoms with van der Waals surface area (Å²) in [4.78, 5) is 0. The lowest BCUT2D eigenvalue weighted by atomic mass is 9.82. The largest absolute Gasteiger partial charge is 0.325 e. The van der Waals surface area contributed by atoms with Crippen LogP contribution in [0.1, 0.15) is 32.6 Å². The fourth-order valence-electron chi connectivity index (χ4n) is 2.54. The molecular formula is C9H19N3. The fourth-order valence-corrected chi connectivity index (χ4v) is 2.54. The summed E-state index contributed by atoms with van der Waals surface area (Å²) in [6.45, 7) is 4.36. The highest BCUT2D eigenvalue weighted by Gasteiger charge is 2.41. The second-order valence-electron chi connectivity index (χ2n) is 4.62. The number of nitrogens with one attached hydrogen (secondary N) is 2. The van der Waals surface area contributed by atoms with Crippen molar-refractivity contribution in [2.45, 2.75) is 43.8 Å². The Bertz CT molecular complexity index is 171. The molecule has 2 rings (SSSR count). The van der Waals surface area contributed by atoms with Crippen molar-refractivity contribution in [3.05, 3.63) is 0 Å². The van der Waals surface area contributed by atoms with E-state index in [1.165, 1.54) is 12.8 Å². The maximum atomic E-state index is 6.15. The van der Waals surface area contributed by atoms with Crippen molar-refractivity contribution in [2.75, 3.05) is 13.1 Å². The van der Waals surface area contributed by atoms with E-state index in [2.05, 4.69) is 17.6 Å². The molecule has 2 saturated heterocycles. The van der Waals surface area contributed by atoms with E-state index in [0.29, 0.717) is 0 Å². The Kier molecular flexibility index (Phi) is 1.90. The van der Waals surface area contributed by atoms with Crippen molar-refractivity contribution in [1.29, 1.82) is 0 Å². The van der Waals surface area contributed by atoms with Gasteiger partial charge in [-0.1, -0.05) is 0 Å². The number of hydrogen-bond acceptors (Lipinski definition) is 3. The van der Waals surface area contributed by atoms with Gasteiger partial charge in [-0.2, -0.15) is 0 Å². The molecule has 70 valence electrons. The number of nitrogens with two attached hydrogens (primary N) is 1. The van der Waals surface area contributed by atoms with Crippen molar-refractivity contribution < 1.29 is 0 Å². The summed E-state index contributed by atoms with van der Waals surface area (Å²) >= 11 is 0. The van der Waals surface area contributed by atoms with Gasteiger partial charge in [-0.15, -0.1) is 0 Å². The van der Waals surface area contributed by atoms with Gasteiger partial charge in [-0.3, -0.25) is 10.6 Å². The molecule has 2 fully saturated rings. The zero-order chi connectivity index (χ0) is 8.66. The smallest absolute Gasteiger partial charge is 0.0705 e. The van der Waals surface area contributed by atoms with E-state index in [9.17, 15) is 0 Å². The van der Waals surface area contributed by atoms with Gasteiger partial charge >= 0.3 is 0 Å². The fraction of sp³-hybridized carbons (Fsp3) is 1.00. The predicted molar refractivity (Wildman–Crippen MR) is 49.8 cm³/mol. The van der Waals surface area contributed by atoms with Crippen molar-refractivity contribution >= 4 is 0 Å². The number of hydrogen-bond donors (Lipinski definition) is 3. The lowest BCUT2D eigenvalue weighted by Crippen LogP contribution is -2.63. The van der Waals surface area contributed by atoms with Gasteiger partial charge in [-0.05, 0) is 45.7 Å². The Hall–Kier alpha value is -0.120. The minimum Gasteiger partial charge on any atom is -0.325 e. The van der Waals surface area contributed by atoms with E-state index < -0.39 is 0 Å². The molecule has 2 aliphatic heterocycles. The summed E-state index contributed by atoms with van der Waals surface area (Å²) in [5, 5.41) is 7.10. The predicted octanol–water partition coefficient (Wildman–Crippen LogP) is 0.167. The molecule has 2 aliphatic rings. The first-order valence-electron chi connectivity index (χ1n) is 4.91. The molecule has 2 atom stereocenters. The molecule has 2 heterocycles. The molecule has 0 bridgehead atoms. The van der Waals surface area contributed by atoms with Crippen LogP contribution >= 0.6 is 0 Å². The summed E-state index contributed by atoms with van der Waals surface area (Å²) in [6.07, 6.45) is 4.68. The van der Waals surface area contributed by atoms with Crippen LogP contribution in [-0.2, 0) is 0 Å². The standard InChI is InChI=1S/C9H19N3/c1-8(10)4-6-12-9(7-8)3-2-5-11-9/h11-12H,2-7,10H2,1H3. The Labute approximate surface area is 74.1 Å². The first-order valence-corrected chi connectivity index (χ1v) is 4.91. The van der Waals surface area contributed by atoms with E-state index in [1.807, 2.05) is 0 Å². The lowest BCUT2D eigenvalue weighted by molar-refractivity contribution is 0.161. The first kappa shape index (κ1) is 8.48. The molecular weight excluding hydrogens is 150 g/mol. The van der Waals surface area contributed by atoms with Crippen LogP contribution in [0.15, 0.2) is 0 Å². The minimum atomic E-state index is 0.0303. The van der Waals surface area contributed by atoms with Crippen LogP contribution in [0.4, 0.5) is 0 Å². The molecule has 0 aliphatic carbocycles. The quantitative estimate of drug-likeness (QED) is 0.484. The van der Waals surface area contributed by atoms with Gasteiger partial charge in [0.1, 0.15) is 0 Å². The van der Waals surface area contributed by atoms with Crippen LogP contribution in [-0.4, -0.2) is 24.3 Å². The average Bonchev–Trinajstić information content (AvgIpc) is 2.34. The molecule has 0 amide bonds. The third-order valence-corrected chi connectivity index (χ3v) is 3.11. The van der Waals surface area contributed by atoms with Crippen molar-refractivity contribution in [3.8, 4) is 0 Å². The van der Waals surface area contributed by atoms with Crippen LogP contribution < -0.4 is 16.4 Å². The molecule has 0 radical (unpaired) electrons. The Morgan fingerprint density at radius 1 is 1.17 bits per heavy atom. The van der Waals surface area contributed by atoms with Crippen LogP contribution in [0.3, 0.4) is 0 Å². The minimum absolute atomic E-state index is 0.0303. The first-order chi connectivity index (χ1) is 5.62. The summed E-state index contributed by atoms with van der Waals surface area (Å²) in [5.74, 6) is 0. The summed E-state index contributed by atoms with van der Waals surface area (Å²) < 4.78 is 0. The monoisotopic (exact) mass is 169 g/mol. The van der Waals surface area contributed by atoms with Crippen molar-refractivity contribution in [2.24, 2.45) is 5.73 Å². The second kappa shape index (κ2) is 2.69. The molecule has 0 aromatic rings. The third kappa shape index (κ3) is 1.49. The zero-order valence-corrected chi connectivity index (χ0v) is 7.82. The molecule has 0 aromatic carbocycles. The molecule has 1 spiro atoms. The van der Waals surface area contributed by atoms with E-state index in [-0.39, 0.29) is 11.2 Å². The number of rotatable bonds is 0. The Balaban J connectivity index is 2.07. The van der Waals surface area contributed by atoms with Crippen molar-refractivity contribution in [3.63, 3.8) is 0 Å². The molecule has 3 heteroatoms. The highest BCUT2D eigenvalue weighted by molar-refractivity contribution is 5.01. The Morgan fingerprint density at radius 3 is 2.50 bits per heavy atom. The van der Waals surface area contributed by atoms with E-state index in [4.69, 9.17) is 5.73 Å². The lowest BCUT2D eigenvalue weighted by Gasteiger charge is -2.43. The van der Waals surface area contributed by atoms with E-state index in [1.54, 1.807) is 0 Å². The summed E-state index contributed by atoms with van der Waals surface area (Å²) in [6, 6.07) is 0. The normalized spacial score (nSPS) is 48.5. The van der Waals surface area contributed by atoms with Gasteiger partial charge in [0.05, 0.1) is 5.66 Å². The topological polar surface area (TPSA) is 50.1 Å². The Morgan fingerprint density at radius 2 is 1.92 bits per heavy atom. The maximum Gasteiger partial charge on any atom is 0.0705 e.